The Morgan fingerprint density at radius 3 is 2.74 bits per heavy atom. The number of aromatic amines is 1. The second-order valence-corrected chi connectivity index (χ2v) is 11.2. The molecule has 1 unspecified atom stereocenters. The average Bonchev–Trinajstić information content (AvgIpc) is 3.53. The zero-order valence-electron chi connectivity index (χ0n) is 22.4. The maximum atomic E-state index is 13.7. The van der Waals surface area contributed by atoms with Crippen molar-refractivity contribution in [3.05, 3.63) is 58.9 Å². The van der Waals surface area contributed by atoms with E-state index in [0.717, 1.165) is 62.9 Å². The van der Waals surface area contributed by atoms with Crippen LogP contribution in [0.1, 0.15) is 51.0 Å². The first kappa shape index (κ1) is 25.5. The molecule has 1 saturated heterocycles. The summed E-state index contributed by atoms with van der Waals surface area (Å²) in [7, 11) is 1.30. The highest BCUT2D eigenvalue weighted by molar-refractivity contribution is 6.30. The van der Waals surface area contributed by atoms with E-state index >= 15 is 0 Å². The Morgan fingerprint density at radius 1 is 1.15 bits per heavy atom. The molecule has 1 fully saturated rings. The fourth-order valence-electron chi connectivity index (χ4n) is 5.92. The molecule has 0 radical (unpaired) electrons. The van der Waals surface area contributed by atoms with Gasteiger partial charge in [-0.05, 0) is 72.5 Å². The van der Waals surface area contributed by atoms with E-state index in [-0.39, 0.29) is 23.9 Å². The van der Waals surface area contributed by atoms with E-state index < -0.39 is 12.1 Å². The number of imidazole rings is 1. The molecule has 0 saturated carbocycles. The van der Waals surface area contributed by atoms with Gasteiger partial charge in [-0.15, -0.1) is 0 Å². The van der Waals surface area contributed by atoms with Crippen molar-refractivity contribution in [1.82, 2.24) is 20.2 Å². The highest BCUT2D eigenvalue weighted by Crippen LogP contribution is 2.43. The van der Waals surface area contributed by atoms with Crippen LogP contribution in [0.25, 0.3) is 32.9 Å². The highest BCUT2D eigenvalue weighted by Gasteiger charge is 2.41. The van der Waals surface area contributed by atoms with Crippen LogP contribution < -0.4 is 10.1 Å². The van der Waals surface area contributed by atoms with Gasteiger partial charge < -0.3 is 24.7 Å². The van der Waals surface area contributed by atoms with Gasteiger partial charge in [0.15, 0.2) is 0 Å². The molecule has 202 valence electrons. The minimum Gasteiger partial charge on any atom is -0.488 e. The van der Waals surface area contributed by atoms with Gasteiger partial charge in [-0.3, -0.25) is 4.79 Å². The van der Waals surface area contributed by atoms with Gasteiger partial charge in [0.1, 0.15) is 24.2 Å². The number of methoxy groups -OCH3 is 1. The van der Waals surface area contributed by atoms with Crippen molar-refractivity contribution < 1.29 is 19.1 Å². The molecule has 3 aromatic carbocycles. The van der Waals surface area contributed by atoms with Crippen LogP contribution in [-0.4, -0.2) is 46.1 Å². The minimum absolute atomic E-state index is 0.0159. The van der Waals surface area contributed by atoms with E-state index in [1.165, 1.54) is 7.11 Å². The lowest BCUT2D eigenvalue weighted by Crippen LogP contribution is -2.52. The standard InChI is InChI=1S/C30H31ClN4O4/c1-15(2)26(34-30(37)38-4)29(36)35-16(3)5-10-24(35)28-32-23-9-6-17-12-22-20-8-7-19(31)11-18(20)14-39-25(22)13-21(17)27(23)33-28/h6-9,11-13,15-16,24,26H,5,10,14H2,1-4H3,(H,32,33)(H,34,37)/t16-,24-,26?/m0/s1. The lowest BCUT2D eigenvalue weighted by atomic mass is 9.94. The molecule has 0 bridgehead atoms. The molecule has 1 aromatic heterocycles. The number of hydrogen-bond donors (Lipinski definition) is 2. The largest absolute Gasteiger partial charge is 0.488 e. The van der Waals surface area contributed by atoms with Crippen LogP contribution in [0.5, 0.6) is 5.75 Å². The summed E-state index contributed by atoms with van der Waals surface area (Å²) in [5.74, 6) is 1.33. The minimum atomic E-state index is -0.688. The van der Waals surface area contributed by atoms with Gasteiger partial charge >= 0.3 is 6.09 Å². The first-order valence-corrected chi connectivity index (χ1v) is 13.7. The maximum absolute atomic E-state index is 13.7. The number of H-pyrrole nitrogens is 1. The zero-order chi connectivity index (χ0) is 27.4. The van der Waals surface area contributed by atoms with E-state index in [0.29, 0.717) is 11.6 Å². The van der Waals surface area contributed by atoms with Crippen molar-refractivity contribution in [1.29, 1.82) is 0 Å². The van der Waals surface area contributed by atoms with Crippen LogP contribution in [0.4, 0.5) is 4.79 Å². The Bertz CT molecular complexity index is 1610. The van der Waals surface area contributed by atoms with E-state index in [9.17, 15) is 9.59 Å². The zero-order valence-corrected chi connectivity index (χ0v) is 23.1. The van der Waals surface area contributed by atoms with Gasteiger partial charge in [0.05, 0.1) is 24.2 Å². The molecule has 2 aliphatic heterocycles. The summed E-state index contributed by atoms with van der Waals surface area (Å²) in [6.45, 7) is 6.33. The Hall–Kier alpha value is -3.78. The fourth-order valence-corrected chi connectivity index (χ4v) is 6.11. The molecular formula is C30H31ClN4O4. The Labute approximate surface area is 231 Å². The van der Waals surface area contributed by atoms with E-state index in [1.54, 1.807) is 0 Å². The van der Waals surface area contributed by atoms with Crippen molar-refractivity contribution in [3.63, 3.8) is 0 Å². The number of amides is 2. The number of halogens is 1. The molecule has 0 aliphatic carbocycles. The summed E-state index contributed by atoms with van der Waals surface area (Å²) in [5.41, 5.74) is 4.98. The van der Waals surface area contributed by atoms with Crippen LogP contribution in [0.3, 0.4) is 0 Å². The predicted octanol–water partition coefficient (Wildman–Crippen LogP) is 6.36. The molecule has 8 nitrogen and oxygen atoms in total. The number of rotatable bonds is 4. The third-order valence-corrected chi connectivity index (χ3v) is 8.19. The molecule has 39 heavy (non-hydrogen) atoms. The molecule has 3 atom stereocenters. The summed E-state index contributed by atoms with van der Waals surface area (Å²) >= 11 is 6.20. The molecule has 2 N–H and O–H groups in total. The summed E-state index contributed by atoms with van der Waals surface area (Å²) in [4.78, 5) is 36.1. The summed E-state index contributed by atoms with van der Waals surface area (Å²) in [5, 5.41) is 5.46. The van der Waals surface area contributed by atoms with Crippen LogP contribution in [-0.2, 0) is 16.1 Å². The van der Waals surface area contributed by atoms with E-state index in [4.69, 9.17) is 26.1 Å². The van der Waals surface area contributed by atoms with Crippen molar-refractivity contribution >= 4 is 45.4 Å². The summed E-state index contributed by atoms with van der Waals surface area (Å²) in [6.07, 6.45) is 1.02. The van der Waals surface area contributed by atoms with Crippen LogP contribution in [0.2, 0.25) is 5.02 Å². The number of alkyl carbamates (subject to hydrolysis) is 1. The molecule has 2 amide bonds. The number of likely N-dealkylation sites (tertiary alicyclic amines) is 1. The highest BCUT2D eigenvalue weighted by atomic mass is 35.5. The number of nitrogens with one attached hydrogen (secondary N) is 2. The third kappa shape index (κ3) is 4.36. The fraction of sp³-hybridized carbons (Fsp3) is 0.367. The van der Waals surface area contributed by atoms with Gasteiger partial charge in [0.25, 0.3) is 0 Å². The van der Waals surface area contributed by atoms with Crippen LogP contribution >= 0.6 is 11.6 Å². The SMILES string of the molecule is COC(=O)NC(C(=O)N1[C@@H](C)CC[C@H]1c1nc2c(ccc3cc4c(cc32)OCc2cc(Cl)ccc2-4)[nH]1)C(C)C. The smallest absolute Gasteiger partial charge is 0.407 e. The molecule has 2 aliphatic rings. The van der Waals surface area contributed by atoms with Crippen molar-refractivity contribution in [2.45, 2.75) is 58.3 Å². The first-order chi connectivity index (χ1) is 18.7. The Morgan fingerprint density at radius 2 is 1.97 bits per heavy atom. The predicted molar refractivity (Wildman–Crippen MR) is 151 cm³/mol. The number of ether oxygens (including phenoxy) is 2. The van der Waals surface area contributed by atoms with Crippen molar-refractivity contribution in [2.75, 3.05) is 7.11 Å². The molecule has 3 heterocycles. The van der Waals surface area contributed by atoms with Gasteiger partial charge in [0, 0.05) is 22.0 Å². The second-order valence-electron chi connectivity index (χ2n) is 10.8. The number of aromatic nitrogens is 2. The van der Waals surface area contributed by atoms with Gasteiger partial charge in [-0.25, -0.2) is 9.78 Å². The lowest BCUT2D eigenvalue weighted by Gasteiger charge is -2.32. The average molecular weight is 547 g/mol. The van der Waals surface area contributed by atoms with Gasteiger partial charge in [0.2, 0.25) is 5.91 Å². The van der Waals surface area contributed by atoms with Crippen LogP contribution in [0.15, 0.2) is 42.5 Å². The molecule has 9 heteroatoms. The maximum Gasteiger partial charge on any atom is 0.407 e. The number of fused-ring (bicyclic) bond motifs is 6. The summed E-state index contributed by atoms with van der Waals surface area (Å²) < 4.78 is 10.9. The number of hydrogen-bond acceptors (Lipinski definition) is 5. The normalized spacial score (nSPS) is 19.1. The summed E-state index contributed by atoms with van der Waals surface area (Å²) in [6, 6.07) is 13.3. The Balaban J connectivity index is 1.38. The number of carbonyl (C=O) groups is 2. The van der Waals surface area contributed by atoms with Crippen molar-refractivity contribution in [2.24, 2.45) is 5.92 Å². The molecule has 6 rings (SSSR count). The lowest BCUT2D eigenvalue weighted by molar-refractivity contribution is -0.137. The van der Waals surface area contributed by atoms with E-state index in [1.807, 2.05) is 49.9 Å². The van der Waals surface area contributed by atoms with Crippen LogP contribution in [0, 0.1) is 5.92 Å². The number of benzene rings is 3. The topological polar surface area (TPSA) is 96.6 Å². The molecule has 4 aromatic rings. The molecular weight excluding hydrogens is 516 g/mol. The van der Waals surface area contributed by atoms with Crippen molar-refractivity contribution in [3.8, 4) is 16.9 Å². The Kier molecular flexibility index (Phi) is 6.38. The second kappa shape index (κ2) is 9.75. The number of nitrogens with zero attached hydrogens (tertiary/aromatic N) is 2. The van der Waals surface area contributed by atoms with E-state index in [2.05, 4.69) is 28.5 Å². The number of carbonyl (C=O) groups excluding carboxylic acids is 2. The quantitative estimate of drug-likeness (QED) is 0.310. The van der Waals surface area contributed by atoms with Gasteiger partial charge in [-0.1, -0.05) is 37.6 Å². The monoisotopic (exact) mass is 546 g/mol. The first-order valence-electron chi connectivity index (χ1n) is 13.3. The molecule has 0 spiro atoms. The van der Waals surface area contributed by atoms with Gasteiger partial charge in [-0.2, -0.15) is 0 Å². The third-order valence-electron chi connectivity index (χ3n) is 7.96.